The molecule has 18 heavy (non-hydrogen) atoms. The van der Waals surface area contributed by atoms with Crippen molar-refractivity contribution in [2.24, 2.45) is 0 Å². The number of rotatable bonds is 5. The van der Waals surface area contributed by atoms with Crippen molar-refractivity contribution < 1.29 is 4.74 Å². The standard InChI is InChI=1S/C15H28N2O/c1-13(2)12-18-9-8-16-11-15-6-4-5-7-17(15)10-14(16)3/h14-15H,1,4-12H2,2-3H3. The zero-order valence-electron chi connectivity index (χ0n) is 12.0. The quantitative estimate of drug-likeness (QED) is 0.551. The fraction of sp³-hybridized carbons (Fsp3) is 0.867. The normalized spacial score (nSPS) is 30.1. The number of piperazine rings is 1. The van der Waals surface area contributed by atoms with Crippen molar-refractivity contribution in [2.75, 3.05) is 39.4 Å². The molecule has 0 amide bonds. The van der Waals surface area contributed by atoms with Crippen molar-refractivity contribution in [1.82, 2.24) is 9.80 Å². The summed E-state index contributed by atoms with van der Waals surface area (Å²) in [4.78, 5) is 5.30. The number of piperidine rings is 1. The molecule has 104 valence electrons. The van der Waals surface area contributed by atoms with Gasteiger partial charge in [-0.05, 0) is 33.2 Å². The van der Waals surface area contributed by atoms with E-state index in [1.807, 2.05) is 6.92 Å². The largest absolute Gasteiger partial charge is 0.376 e. The van der Waals surface area contributed by atoms with Crippen LogP contribution in [0.5, 0.6) is 0 Å². The molecule has 0 aromatic rings. The first-order valence-corrected chi connectivity index (χ1v) is 7.37. The zero-order chi connectivity index (χ0) is 13.0. The highest BCUT2D eigenvalue weighted by atomic mass is 16.5. The van der Waals surface area contributed by atoms with Crippen LogP contribution in [0.1, 0.15) is 33.1 Å². The van der Waals surface area contributed by atoms with Crippen LogP contribution in [0.2, 0.25) is 0 Å². The van der Waals surface area contributed by atoms with Crippen LogP contribution in [0.4, 0.5) is 0 Å². The number of fused-ring (bicyclic) bond motifs is 1. The van der Waals surface area contributed by atoms with Gasteiger partial charge in [0.2, 0.25) is 0 Å². The summed E-state index contributed by atoms with van der Waals surface area (Å²) < 4.78 is 5.63. The monoisotopic (exact) mass is 252 g/mol. The van der Waals surface area contributed by atoms with Gasteiger partial charge in [0, 0.05) is 31.7 Å². The van der Waals surface area contributed by atoms with Crippen LogP contribution >= 0.6 is 0 Å². The van der Waals surface area contributed by atoms with Gasteiger partial charge in [0.25, 0.3) is 0 Å². The molecule has 0 radical (unpaired) electrons. The highest BCUT2D eigenvalue weighted by molar-refractivity contribution is 4.89. The first-order valence-electron chi connectivity index (χ1n) is 7.37. The Morgan fingerprint density at radius 2 is 2.17 bits per heavy atom. The van der Waals surface area contributed by atoms with Crippen LogP contribution < -0.4 is 0 Å². The number of hydrogen-bond acceptors (Lipinski definition) is 3. The Kier molecular flexibility index (Phi) is 5.22. The molecule has 0 aromatic carbocycles. The molecule has 0 aromatic heterocycles. The van der Waals surface area contributed by atoms with E-state index in [2.05, 4.69) is 23.3 Å². The minimum atomic E-state index is 0.674. The van der Waals surface area contributed by atoms with Gasteiger partial charge < -0.3 is 4.74 Å². The summed E-state index contributed by atoms with van der Waals surface area (Å²) in [7, 11) is 0. The third-order valence-corrected chi connectivity index (χ3v) is 4.19. The molecule has 3 heteroatoms. The van der Waals surface area contributed by atoms with Gasteiger partial charge in [0.1, 0.15) is 0 Å². The molecule has 0 N–H and O–H groups in total. The third-order valence-electron chi connectivity index (χ3n) is 4.19. The molecule has 0 aliphatic carbocycles. The third kappa shape index (κ3) is 3.81. The van der Waals surface area contributed by atoms with Crippen molar-refractivity contribution in [2.45, 2.75) is 45.2 Å². The molecule has 2 fully saturated rings. The maximum absolute atomic E-state index is 5.63. The second-order valence-electron chi connectivity index (χ2n) is 6.00. The molecule has 2 unspecified atom stereocenters. The van der Waals surface area contributed by atoms with Gasteiger partial charge in [-0.15, -0.1) is 0 Å². The molecule has 2 atom stereocenters. The Morgan fingerprint density at radius 1 is 1.33 bits per heavy atom. The zero-order valence-corrected chi connectivity index (χ0v) is 12.0. The Bertz CT molecular complexity index is 280. The van der Waals surface area contributed by atoms with Gasteiger partial charge in [0.15, 0.2) is 0 Å². The van der Waals surface area contributed by atoms with E-state index in [1.165, 1.54) is 38.9 Å². The first-order chi connectivity index (χ1) is 8.66. The SMILES string of the molecule is C=C(C)COCCN1CC2CCCCN2CC1C. The molecule has 2 heterocycles. The Hall–Kier alpha value is -0.380. The maximum atomic E-state index is 5.63. The van der Waals surface area contributed by atoms with Gasteiger partial charge in [-0.2, -0.15) is 0 Å². The van der Waals surface area contributed by atoms with E-state index in [9.17, 15) is 0 Å². The lowest BCUT2D eigenvalue weighted by Crippen LogP contribution is -2.59. The van der Waals surface area contributed by atoms with Gasteiger partial charge in [-0.25, -0.2) is 0 Å². The summed E-state index contributed by atoms with van der Waals surface area (Å²) in [6.07, 6.45) is 4.19. The first kappa shape index (κ1) is 14.0. The number of nitrogens with zero attached hydrogens (tertiary/aromatic N) is 2. The summed E-state index contributed by atoms with van der Waals surface area (Å²) in [6, 6.07) is 1.48. The van der Waals surface area contributed by atoms with Crippen LogP contribution in [0, 0.1) is 0 Å². The van der Waals surface area contributed by atoms with Gasteiger partial charge in [-0.3, -0.25) is 9.80 Å². The van der Waals surface area contributed by atoms with Crippen molar-refractivity contribution in [3.8, 4) is 0 Å². The van der Waals surface area contributed by atoms with E-state index in [0.29, 0.717) is 12.6 Å². The molecule has 2 aliphatic rings. The van der Waals surface area contributed by atoms with Gasteiger partial charge in [0.05, 0.1) is 13.2 Å². The minimum absolute atomic E-state index is 0.674. The van der Waals surface area contributed by atoms with Crippen molar-refractivity contribution >= 4 is 0 Å². The predicted octanol–water partition coefficient (Wildman–Crippen LogP) is 2.14. The van der Waals surface area contributed by atoms with Crippen LogP contribution in [-0.2, 0) is 4.74 Å². The molecular weight excluding hydrogens is 224 g/mol. The van der Waals surface area contributed by atoms with E-state index >= 15 is 0 Å². The molecule has 0 saturated carbocycles. The van der Waals surface area contributed by atoms with Gasteiger partial charge >= 0.3 is 0 Å². The van der Waals surface area contributed by atoms with Gasteiger partial charge in [-0.1, -0.05) is 18.6 Å². The lowest BCUT2D eigenvalue weighted by molar-refractivity contribution is 0.00130. The van der Waals surface area contributed by atoms with Crippen molar-refractivity contribution in [3.63, 3.8) is 0 Å². The van der Waals surface area contributed by atoms with Crippen LogP contribution in [0.25, 0.3) is 0 Å². The summed E-state index contributed by atoms with van der Waals surface area (Å²) in [5, 5.41) is 0. The topological polar surface area (TPSA) is 15.7 Å². The second kappa shape index (κ2) is 6.69. The second-order valence-corrected chi connectivity index (χ2v) is 6.00. The smallest absolute Gasteiger partial charge is 0.0672 e. The predicted molar refractivity (Wildman–Crippen MR) is 75.9 cm³/mol. The van der Waals surface area contributed by atoms with E-state index < -0.39 is 0 Å². The van der Waals surface area contributed by atoms with E-state index in [-0.39, 0.29) is 0 Å². The van der Waals surface area contributed by atoms with Crippen LogP contribution in [-0.4, -0.2) is 61.3 Å². The van der Waals surface area contributed by atoms with Crippen molar-refractivity contribution in [3.05, 3.63) is 12.2 Å². The average Bonchev–Trinajstić information content (AvgIpc) is 2.34. The molecule has 2 saturated heterocycles. The lowest BCUT2D eigenvalue weighted by Gasteiger charge is -2.47. The number of ether oxygens (including phenoxy) is 1. The summed E-state index contributed by atoms with van der Waals surface area (Å²) in [5.74, 6) is 0. The highest BCUT2D eigenvalue weighted by Gasteiger charge is 2.32. The van der Waals surface area contributed by atoms with Crippen LogP contribution in [0.15, 0.2) is 12.2 Å². The van der Waals surface area contributed by atoms with Crippen LogP contribution in [0.3, 0.4) is 0 Å². The average molecular weight is 252 g/mol. The molecule has 0 bridgehead atoms. The molecule has 3 nitrogen and oxygen atoms in total. The molecular formula is C15H28N2O. The minimum Gasteiger partial charge on any atom is -0.376 e. The number of hydrogen-bond donors (Lipinski definition) is 0. The fourth-order valence-corrected chi connectivity index (χ4v) is 3.15. The summed E-state index contributed by atoms with van der Waals surface area (Å²) in [6.45, 7) is 14.6. The van der Waals surface area contributed by atoms with E-state index in [4.69, 9.17) is 4.74 Å². The Labute approximate surface area is 112 Å². The maximum Gasteiger partial charge on any atom is 0.0672 e. The Morgan fingerprint density at radius 3 is 2.94 bits per heavy atom. The summed E-state index contributed by atoms with van der Waals surface area (Å²) in [5.41, 5.74) is 1.11. The van der Waals surface area contributed by atoms with E-state index in [1.54, 1.807) is 0 Å². The molecule has 2 aliphatic heterocycles. The Balaban J connectivity index is 1.73. The molecule has 2 rings (SSSR count). The summed E-state index contributed by atoms with van der Waals surface area (Å²) >= 11 is 0. The lowest BCUT2D eigenvalue weighted by atomic mass is 9.97. The fourth-order valence-electron chi connectivity index (χ4n) is 3.15. The van der Waals surface area contributed by atoms with E-state index in [0.717, 1.165) is 24.8 Å². The highest BCUT2D eigenvalue weighted by Crippen LogP contribution is 2.23. The molecule has 0 spiro atoms. The van der Waals surface area contributed by atoms with Crippen molar-refractivity contribution in [1.29, 1.82) is 0 Å².